The van der Waals surface area contributed by atoms with Gasteiger partial charge in [-0.15, -0.1) is 0 Å². The highest BCUT2D eigenvalue weighted by molar-refractivity contribution is 6.30. The molecule has 2 nitrogen and oxygen atoms in total. The lowest BCUT2D eigenvalue weighted by atomic mass is 9.83. The highest BCUT2D eigenvalue weighted by Gasteiger charge is 2.26. The Morgan fingerprint density at radius 1 is 0.328 bits per heavy atom. The molecular formula is C56H48N2. The maximum absolute atomic E-state index is 2.52. The largest absolute Gasteiger partial charge is 0.309 e. The van der Waals surface area contributed by atoms with E-state index in [1.165, 1.54) is 98.9 Å². The molecule has 0 atom stereocenters. The predicted octanol–water partition coefficient (Wildman–Crippen LogP) is 16.7. The molecule has 0 aliphatic rings. The molecule has 0 aliphatic carbocycles. The van der Waals surface area contributed by atoms with E-state index in [0.717, 1.165) is 11.4 Å². The molecule has 0 saturated carbocycles. The monoisotopic (exact) mass is 748 g/mol. The molecule has 0 saturated heterocycles. The van der Waals surface area contributed by atoms with E-state index in [-0.39, 0.29) is 0 Å². The molecule has 2 heteroatoms. The molecule has 0 amide bonds. The van der Waals surface area contributed by atoms with Crippen LogP contribution in [0, 0.1) is 13.8 Å². The molecule has 0 fully saturated rings. The minimum atomic E-state index is 0.312. The van der Waals surface area contributed by atoms with Crippen molar-refractivity contribution in [2.45, 2.75) is 53.4 Å². The quantitative estimate of drug-likeness (QED) is 0.143. The zero-order valence-corrected chi connectivity index (χ0v) is 34.2. The van der Waals surface area contributed by atoms with Crippen LogP contribution in [0.2, 0.25) is 0 Å². The fourth-order valence-corrected chi connectivity index (χ4v) is 9.35. The SMILES string of the molecule is Cc1ccc(N(c2cccc3ccccc23)c2ccc3c(C(C)C)cc4c(N(c5ccc(C)cc5)c5cccc6ccccc56)ccc5c(C(C)C)cc2c3c54)cc1. The van der Waals surface area contributed by atoms with E-state index < -0.39 is 0 Å². The Kier molecular flexibility index (Phi) is 8.68. The lowest BCUT2D eigenvalue weighted by molar-refractivity contribution is 0.876. The summed E-state index contributed by atoms with van der Waals surface area (Å²) in [6.45, 7) is 13.7. The van der Waals surface area contributed by atoms with Gasteiger partial charge in [0, 0.05) is 32.9 Å². The summed E-state index contributed by atoms with van der Waals surface area (Å²) in [4.78, 5) is 5.00. The molecule has 0 N–H and O–H groups in total. The number of anilines is 6. The number of nitrogens with zero attached hydrogens (tertiary/aromatic N) is 2. The average Bonchev–Trinajstić information content (AvgIpc) is 3.24. The number of hydrogen-bond donors (Lipinski definition) is 0. The highest BCUT2D eigenvalue weighted by Crippen LogP contribution is 2.52. The van der Waals surface area contributed by atoms with Crippen molar-refractivity contribution in [3.63, 3.8) is 0 Å². The Morgan fingerprint density at radius 2 is 0.690 bits per heavy atom. The van der Waals surface area contributed by atoms with Crippen LogP contribution < -0.4 is 9.80 Å². The first-order valence-electron chi connectivity index (χ1n) is 20.7. The van der Waals surface area contributed by atoms with E-state index in [2.05, 4.69) is 221 Å². The molecular weight excluding hydrogens is 701 g/mol. The standard InChI is InChI=1S/C56H48N2/c1-35(2)47-33-49-53(57(41-25-21-37(5)22-26-41)51-19-11-15-39-13-7-9-17-43(39)51)32-30-46-48(36(3)4)34-50-54(31-29-45(47)55(50)56(46)49)58(42-27-23-38(6)24-28-42)52-20-12-16-40-14-8-10-18-44(40)52/h7-36H,1-6H3. The van der Waals surface area contributed by atoms with Crippen molar-refractivity contribution in [1.29, 1.82) is 0 Å². The average molecular weight is 749 g/mol. The van der Waals surface area contributed by atoms with Crippen molar-refractivity contribution in [3.8, 4) is 0 Å². The van der Waals surface area contributed by atoms with Gasteiger partial charge in [-0.1, -0.05) is 148 Å². The summed E-state index contributed by atoms with van der Waals surface area (Å²) < 4.78 is 0. The second-order valence-corrected chi connectivity index (χ2v) is 16.7. The van der Waals surface area contributed by atoms with Gasteiger partial charge in [-0.05, 0) is 130 Å². The van der Waals surface area contributed by atoms with Crippen LogP contribution in [0.3, 0.4) is 0 Å². The van der Waals surface area contributed by atoms with Gasteiger partial charge in [0.1, 0.15) is 0 Å². The summed E-state index contributed by atoms with van der Waals surface area (Å²) in [5.74, 6) is 0.624. The van der Waals surface area contributed by atoms with Crippen molar-refractivity contribution >= 4 is 88.0 Å². The number of aryl methyl sites for hydroxylation is 2. The fraction of sp³-hybridized carbons (Fsp3) is 0.143. The van der Waals surface area contributed by atoms with Crippen molar-refractivity contribution < 1.29 is 0 Å². The molecule has 10 aromatic carbocycles. The van der Waals surface area contributed by atoms with Crippen LogP contribution in [0.4, 0.5) is 34.1 Å². The predicted molar refractivity (Wildman–Crippen MR) is 252 cm³/mol. The van der Waals surface area contributed by atoms with Crippen molar-refractivity contribution in [1.82, 2.24) is 0 Å². The zero-order valence-electron chi connectivity index (χ0n) is 34.2. The number of benzene rings is 10. The topological polar surface area (TPSA) is 6.48 Å². The van der Waals surface area contributed by atoms with Crippen LogP contribution in [0.5, 0.6) is 0 Å². The summed E-state index contributed by atoms with van der Waals surface area (Å²) in [5.41, 5.74) is 12.2. The second-order valence-electron chi connectivity index (χ2n) is 16.7. The molecule has 282 valence electrons. The summed E-state index contributed by atoms with van der Waals surface area (Å²) in [7, 11) is 0. The third kappa shape index (κ3) is 5.78. The van der Waals surface area contributed by atoms with Gasteiger partial charge in [0.2, 0.25) is 0 Å². The van der Waals surface area contributed by atoms with E-state index in [0.29, 0.717) is 11.8 Å². The van der Waals surface area contributed by atoms with Crippen molar-refractivity contribution in [2.75, 3.05) is 9.80 Å². The molecule has 0 radical (unpaired) electrons. The van der Waals surface area contributed by atoms with Crippen molar-refractivity contribution in [2.24, 2.45) is 0 Å². The minimum Gasteiger partial charge on any atom is -0.309 e. The molecule has 58 heavy (non-hydrogen) atoms. The summed E-state index contributed by atoms with van der Waals surface area (Å²) in [6.07, 6.45) is 0. The number of hydrogen-bond acceptors (Lipinski definition) is 2. The first kappa shape index (κ1) is 35.8. The Morgan fingerprint density at radius 3 is 1.09 bits per heavy atom. The molecule has 0 heterocycles. The maximum Gasteiger partial charge on any atom is 0.0541 e. The van der Waals surface area contributed by atoms with Gasteiger partial charge in [0.25, 0.3) is 0 Å². The van der Waals surface area contributed by atoms with Gasteiger partial charge in [-0.2, -0.15) is 0 Å². The molecule has 0 bridgehead atoms. The second kappa shape index (κ2) is 14.1. The maximum atomic E-state index is 2.52. The molecule has 10 aromatic rings. The molecule has 0 spiro atoms. The summed E-state index contributed by atoms with van der Waals surface area (Å²) in [5, 5.41) is 12.8. The first-order valence-corrected chi connectivity index (χ1v) is 20.7. The molecule has 0 aliphatic heterocycles. The zero-order chi connectivity index (χ0) is 39.7. The van der Waals surface area contributed by atoms with Gasteiger partial charge in [0.15, 0.2) is 0 Å². The van der Waals surface area contributed by atoms with Gasteiger partial charge in [-0.25, -0.2) is 0 Å². The smallest absolute Gasteiger partial charge is 0.0541 e. The highest BCUT2D eigenvalue weighted by atomic mass is 15.2. The molecule has 0 unspecified atom stereocenters. The van der Waals surface area contributed by atoms with E-state index in [1.807, 2.05) is 0 Å². The van der Waals surface area contributed by atoms with E-state index in [1.54, 1.807) is 0 Å². The Labute approximate surface area is 341 Å². The lowest BCUT2D eigenvalue weighted by Gasteiger charge is -2.32. The van der Waals surface area contributed by atoms with E-state index in [4.69, 9.17) is 0 Å². The fourth-order valence-electron chi connectivity index (χ4n) is 9.35. The van der Waals surface area contributed by atoms with Gasteiger partial charge < -0.3 is 9.80 Å². The van der Waals surface area contributed by atoms with Gasteiger partial charge in [0.05, 0.1) is 22.7 Å². The lowest BCUT2D eigenvalue weighted by Crippen LogP contribution is -2.13. The number of rotatable bonds is 8. The van der Waals surface area contributed by atoms with Crippen LogP contribution in [-0.4, -0.2) is 0 Å². The summed E-state index contributed by atoms with van der Waals surface area (Å²) in [6, 6.07) is 63.6. The van der Waals surface area contributed by atoms with Crippen LogP contribution in [0.25, 0.3) is 53.9 Å². The minimum absolute atomic E-state index is 0.312. The van der Waals surface area contributed by atoms with E-state index >= 15 is 0 Å². The molecule has 0 aromatic heterocycles. The van der Waals surface area contributed by atoms with Gasteiger partial charge >= 0.3 is 0 Å². The van der Waals surface area contributed by atoms with Crippen LogP contribution in [-0.2, 0) is 0 Å². The third-order valence-electron chi connectivity index (χ3n) is 12.2. The Hall–Kier alpha value is -6.64. The van der Waals surface area contributed by atoms with Crippen molar-refractivity contribution in [3.05, 3.63) is 192 Å². The first-order chi connectivity index (χ1) is 28.3. The Balaban J connectivity index is 1.36. The third-order valence-corrected chi connectivity index (χ3v) is 12.2. The van der Waals surface area contributed by atoms with Gasteiger partial charge in [-0.3, -0.25) is 0 Å². The summed E-state index contributed by atoms with van der Waals surface area (Å²) >= 11 is 0. The van der Waals surface area contributed by atoms with Crippen LogP contribution >= 0.6 is 0 Å². The van der Waals surface area contributed by atoms with Crippen LogP contribution in [0.15, 0.2) is 170 Å². The van der Waals surface area contributed by atoms with E-state index in [9.17, 15) is 0 Å². The molecule has 10 rings (SSSR count). The Bertz CT molecular complexity index is 2910. The number of fused-ring (bicyclic) bond motifs is 2. The van der Waals surface area contributed by atoms with Crippen LogP contribution in [0.1, 0.15) is 61.8 Å². The normalized spacial score (nSPS) is 11.9.